The van der Waals surface area contributed by atoms with Gasteiger partial charge in [0.1, 0.15) is 11.5 Å². The van der Waals surface area contributed by atoms with E-state index in [0.29, 0.717) is 0 Å². The summed E-state index contributed by atoms with van der Waals surface area (Å²) in [4.78, 5) is 15.1. The lowest BCUT2D eigenvalue weighted by Crippen LogP contribution is -2.30. The van der Waals surface area contributed by atoms with Crippen LogP contribution in [-0.2, 0) is 0 Å². The number of carbonyl (C=O) groups is 1. The van der Waals surface area contributed by atoms with E-state index in [1.54, 1.807) is 0 Å². The first kappa shape index (κ1) is 9.08. The molecule has 1 aliphatic rings. The maximum absolute atomic E-state index is 12.5. The van der Waals surface area contributed by atoms with Gasteiger partial charge >= 0.3 is 0 Å². The summed E-state index contributed by atoms with van der Waals surface area (Å²) in [5.74, 6) is -0.757. The monoisotopic (exact) mass is 195 g/mol. The molecule has 1 aliphatic carbocycles. The fraction of sp³-hybridized carbons (Fsp3) is 0.333. The van der Waals surface area contributed by atoms with Gasteiger partial charge in [0.25, 0.3) is 5.91 Å². The van der Waals surface area contributed by atoms with Crippen LogP contribution in [0.3, 0.4) is 0 Å². The van der Waals surface area contributed by atoms with Gasteiger partial charge in [-0.15, -0.1) is 0 Å². The van der Waals surface area contributed by atoms with Gasteiger partial charge in [0.05, 0.1) is 6.20 Å². The van der Waals surface area contributed by atoms with Gasteiger partial charge in [0.15, 0.2) is 0 Å². The molecule has 74 valence electrons. The van der Waals surface area contributed by atoms with Crippen molar-refractivity contribution in [1.29, 1.82) is 0 Å². The molecular formula is C9H10FN3O. The number of aromatic nitrogens is 1. The third-order valence-corrected chi connectivity index (χ3v) is 2.12. The summed E-state index contributed by atoms with van der Waals surface area (Å²) in [6.07, 6.45) is 1.81. The third-order valence-electron chi connectivity index (χ3n) is 2.12. The van der Waals surface area contributed by atoms with Crippen LogP contribution in [0.15, 0.2) is 18.3 Å². The zero-order chi connectivity index (χ0) is 10.1. The van der Waals surface area contributed by atoms with Crippen molar-refractivity contribution in [2.75, 3.05) is 0 Å². The minimum absolute atomic E-state index is 0.0503. The molecule has 0 aromatic carbocycles. The summed E-state index contributed by atoms with van der Waals surface area (Å²) in [5.41, 5.74) is 5.74. The first-order chi connectivity index (χ1) is 6.66. The number of pyridine rings is 1. The number of hydrogen-bond donors (Lipinski definition) is 2. The fourth-order valence-corrected chi connectivity index (χ4v) is 1.13. The van der Waals surface area contributed by atoms with Gasteiger partial charge in [0, 0.05) is 12.1 Å². The molecule has 1 aromatic rings. The highest BCUT2D eigenvalue weighted by Gasteiger charge is 2.35. The highest BCUT2D eigenvalue weighted by Crippen LogP contribution is 2.18. The van der Waals surface area contributed by atoms with Crippen molar-refractivity contribution in [3.63, 3.8) is 0 Å². The standard InChI is InChI=1S/C9H10FN3O/c10-5-1-2-7(12-4-5)9(14)13-8-3-6(8)11/h1-2,4,6,8H,3,11H2,(H,13,14). The summed E-state index contributed by atoms with van der Waals surface area (Å²) in [7, 11) is 0. The molecule has 2 rings (SSSR count). The predicted octanol–water partition coefficient (Wildman–Crippen LogP) is 0.0501. The number of rotatable bonds is 2. The van der Waals surface area contributed by atoms with Crippen molar-refractivity contribution >= 4 is 5.91 Å². The lowest BCUT2D eigenvalue weighted by Gasteiger charge is -2.01. The van der Waals surface area contributed by atoms with E-state index in [2.05, 4.69) is 10.3 Å². The predicted molar refractivity (Wildman–Crippen MR) is 48.0 cm³/mol. The van der Waals surface area contributed by atoms with E-state index in [9.17, 15) is 9.18 Å². The molecule has 2 atom stereocenters. The number of nitrogens with zero attached hydrogens (tertiary/aromatic N) is 1. The van der Waals surface area contributed by atoms with Crippen LogP contribution >= 0.6 is 0 Å². The van der Waals surface area contributed by atoms with Crippen LogP contribution < -0.4 is 11.1 Å². The summed E-state index contributed by atoms with van der Waals surface area (Å²) >= 11 is 0. The van der Waals surface area contributed by atoms with Crippen LogP contribution in [0, 0.1) is 5.82 Å². The van der Waals surface area contributed by atoms with Crippen LogP contribution in [-0.4, -0.2) is 23.0 Å². The second-order valence-electron chi connectivity index (χ2n) is 3.34. The summed E-state index contributed by atoms with van der Waals surface area (Å²) < 4.78 is 12.5. The largest absolute Gasteiger partial charge is 0.346 e. The van der Waals surface area contributed by atoms with E-state index < -0.39 is 5.82 Å². The van der Waals surface area contributed by atoms with E-state index in [1.165, 1.54) is 12.1 Å². The Bertz CT molecular complexity index is 352. The van der Waals surface area contributed by atoms with Crippen molar-refractivity contribution in [1.82, 2.24) is 10.3 Å². The number of hydrogen-bond acceptors (Lipinski definition) is 3. The summed E-state index contributed by atoms with van der Waals surface area (Å²) in [6.45, 7) is 0. The highest BCUT2D eigenvalue weighted by atomic mass is 19.1. The van der Waals surface area contributed by atoms with Crippen LogP contribution in [0.5, 0.6) is 0 Å². The molecule has 5 heteroatoms. The van der Waals surface area contributed by atoms with E-state index in [-0.39, 0.29) is 23.7 Å². The molecule has 3 N–H and O–H groups in total. The van der Waals surface area contributed by atoms with Gasteiger partial charge in [0.2, 0.25) is 0 Å². The highest BCUT2D eigenvalue weighted by molar-refractivity contribution is 5.92. The maximum Gasteiger partial charge on any atom is 0.270 e. The maximum atomic E-state index is 12.5. The molecule has 1 fully saturated rings. The van der Waals surface area contributed by atoms with Crippen molar-refractivity contribution in [2.45, 2.75) is 18.5 Å². The molecule has 4 nitrogen and oxygen atoms in total. The second-order valence-corrected chi connectivity index (χ2v) is 3.34. The van der Waals surface area contributed by atoms with Crippen LogP contribution in [0.4, 0.5) is 4.39 Å². The first-order valence-electron chi connectivity index (χ1n) is 4.35. The van der Waals surface area contributed by atoms with E-state index in [0.717, 1.165) is 12.6 Å². The van der Waals surface area contributed by atoms with E-state index in [4.69, 9.17) is 5.73 Å². The fourth-order valence-electron chi connectivity index (χ4n) is 1.13. The van der Waals surface area contributed by atoms with Gasteiger partial charge in [-0.3, -0.25) is 4.79 Å². The molecule has 0 bridgehead atoms. The Kier molecular flexibility index (Phi) is 2.17. The van der Waals surface area contributed by atoms with Crippen LogP contribution in [0.1, 0.15) is 16.9 Å². The molecule has 1 heterocycles. The number of carbonyl (C=O) groups excluding carboxylic acids is 1. The minimum Gasteiger partial charge on any atom is -0.346 e. The average molecular weight is 195 g/mol. The molecule has 1 saturated carbocycles. The zero-order valence-corrected chi connectivity index (χ0v) is 7.40. The van der Waals surface area contributed by atoms with Gasteiger partial charge in [-0.2, -0.15) is 0 Å². The number of nitrogens with one attached hydrogen (secondary N) is 1. The molecule has 14 heavy (non-hydrogen) atoms. The molecule has 1 amide bonds. The van der Waals surface area contributed by atoms with E-state index in [1.807, 2.05) is 0 Å². The van der Waals surface area contributed by atoms with Gasteiger partial charge in [-0.25, -0.2) is 9.37 Å². The summed E-state index contributed by atoms with van der Waals surface area (Å²) in [6, 6.07) is 2.65. The van der Waals surface area contributed by atoms with Gasteiger partial charge in [-0.05, 0) is 18.6 Å². The second kappa shape index (κ2) is 3.34. The van der Waals surface area contributed by atoms with Crippen molar-refractivity contribution in [2.24, 2.45) is 5.73 Å². The topological polar surface area (TPSA) is 68.0 Å². The number of nitrogens with two attached hydrogens (primary N) is 1. The SMILES string of the molecule is NC1CC1NC(=O)c1ccc(F)cn1. The van der Waals surface area contributed by atoms with Crippen molar-refractivity contribution in [3.8, 4) is 0 Å². The van der Waals surface area contributed by atoms with Crippen LogP contribution in [0.2, 0.25) is 0 Å². The molecule has 0 spiro atoms. The Hall–Kier alpha value is -1.49. The van der Waals surface area contributed by atoms with E-state index >= 15 is 0 Å². The number of halogens is 1. The lowest BCUT2D eigenvalue weighted by atomic mass is 10.3. The molecule has 2 unspecified atom stereocenters. The molecular weight excluding hydrogens is 185 g/mol. The van der Waals surface area contributed by atoms with Gasteiger partial charge in [-0.1, -0.05) is 0 Å². The number of amides is 1. The summed E-state index contributed by atoms with van der Waals surface area (Å²) in [5, 5.41) is 2.69. The first-order valence-corrected chi connectivity index (χ1v) is 4.35. The third kappa shape index (κ3) is 1.88. The molecule has 1 aromatic heterocycles. The van der Waals surface area contributed by atoms with Crippen LogP contribution in [0.25, 0.3) is 0 Å². The normalized spacial score (nSPS) is 24.4. The Balaban J connectivity index is 2.00. The molecule has 0 saturated heterocycles. The lowest BCUT2D eigenvalue weighted by molar-refractivity contribution is 0.0945. The Morgan fingerprint density at radius 3 is 2.86 bits per heavy atom. The average Bonchev–Trinajstić information content (AvgIpc) is 2.82. The molecule has 0 aliphatic heterocycles. The van der Waals surface area contributed by atoms with Crippen molar-refractivity contribution < 1.29 is 9.18 Å². The molecule has 0 radical (unpaired) electrons. The Labute approximate surface area is 80.3 Å². The Morgan fingerprint density at radius 1 is 1.64 bits per heavy atom. The van der Waals surface area contributed by atoms with Crippen molar-refractivity contribution in [3.05, 3.63) is 29.8 Å². The Morgan fingerprint density at radius 2 is 2.36 bits per heavy atom. The zero-order valence-electron chi connectivity index (χ0n) is 7.40. The quantitative estimate of drug-likeness (QED) is 0.700. The smallest absolute Gasteiger partial charge is 0.270 e. The minimum atomic E-state index is -0.454. The van der Waals surface area contributed by atoms with Gasteiger partial charge < -0.3 is 11.1 Å².